The Morgan fingerprint density at radius 2 is 1.59 bits per heavy atom. The third-order valence-electron chi connectivity index (χ3n) is 6.04. The molecule has 1 heterocycles. The minimum atomic E-state index is -3.48. The average Bonchev–Trinajstić information content (AvgIpc) is 3.08. The molecule has 0 N–H and O–H groups in total. The minimum absolute atomic E-state index is 0.0382. The van der Waals surface area contributed by atoms with Crippen LogP contribution >= 0.6 is 0 Å². The summed E-state index contributed by atoms with van der Waals surface area (Å²) in [6, 6.07) is 21.1. The number of aryl methyl sites for hydroxylation is 2. The van der Waals surface area contributed by atoms with Crippen molar-refractivity contribution >= 4 is 27.3 Å². The molecular weight excluding hydrogens is 420 g/mol. The van der Waals surface area contributed by atoms with Gasteiger partial charge in [-0.2, -0.15) is 0 Å². The topological polar surface area (TPSA) is 57.7 Å². The summed E-state index contributed by atoms with van der Waals surface area (Å²) in [6.07, 6.45) is 2.07. The molecule has 0 saturated heterocycles. The monoisotopic (exact) mass is 448 g/mol. The van der Waals surface area contributed by atoms with E-state index in [-0.39, 0.29) is 18.5 Å². The van der Waals surface area contributed by atoms with Crippen LogP contribution in [0.15, 0.2) is 66.7 Å². The van der Waals surface area contributed by atoms with Crippen molar-refractivity contribution in [1.82, 2.24) is 0 Å². The van der Waals surface area contributed by atoms with Gasteiger partial charge in [-0.1, -0.05) is 48.5 Å². The van der Waals surface area contributed by atoms with Crippen LogP contribution in [0.25, 0.3) is 0 Å². The highest BCUT2D eigenvalue weighted by molar-refractivity contribution is 7.92. The molecule has 6 heteroatoms. The molecule has 4 rings (SSSR count). The lowest BCUT2D eigenvalue weighted by molar-refractivity contribution is 0.0981. The summed E-state index contributed by atoms with van der Waals surface area (Å²) in [7, 11) is -3.48. The van der Waals surface area contributed by atoms with E-state index in [4.69, 9.17) is 0 Å². The molecule has 5 nitrogen and oxygen atoms in total. The number of sulfonamides is 1. The van der Waals surface area contributed by atoms with Crippen molar-refractivity contribution in [2.75, 3.05) is 15.5 Å². The van der Waals surface area contributed by atoms with E-state index in [1.807, 2.05) is 67.3 Å². The molecule has 0 saturated carbocycles. The van der Waals surface area contributed by atoms with Crippen LogP contribution in [0.5, 0.6) is 0 Å². The Hall–Kier alpha value is -3.12. The summed E-state index contributed by atoms with van der Waals surface area (Å²) in [5.41, 5.74) is 6.08. The Bertz CT molecular complexity index is 1250. The van der Waals surface area contributed by atoms with E-state index in [0.29, 0.717) is 11.3 Å². The summed E-state index contributed by atoms with van der Waals surface area (Å²) in [6.45, 7) is 6.09. The summed E-state index contributed by atoms with van der Waals surface area (Å²) in [5, 5.41) is 0. The normalized spacial score (nSPS) is 15.5. The zero-order valence-electron chi connectivity index (χ0n) is 18.9. The predicted molar refractivity (Wildman–Crippen MR) is 130 cm³/mol. The van der Waals surface area contributed by atoms with Gasteiger partial charge in [0.2, 0.25) is 10.0 Å². The molecule has 32 heavy (non-hydrogen) atoms. The van der Waals surface area contributed by atoms with Gasteiger partial charge in [0.1, 0.15) is 0 Å². The molecule has 166 valence electrons. The van der Waals surface area contributed by atoms with E-state index in [1.54, 1.807) is 12.1 Å². The number of benzene rings is 3. The molecule has 0 aliphatic carbocycles. The first-order valence-corrected chi connectivity index (χ1v) is 12.6. The number of hydrogen-bond acceptors (Lipinski definition) is 3. The fourth-order valence-corrected chi connectivity index (χ4v) is 5.50. The van der Waals surface area contributed by atoms with Gasteiger partial charge in [0, 0.05) is 17.3 Å². The van der Waals surface area contributed by atoms with E-state index >= 15 is 0 Å². The summed E-state index contributed by atoms with van der Waals surface area (Å²) in [4.78, 5) is 15.1. The second kappa shape index (κ2) is 8.43. The Morgan fingerprint density at radius 3 is 2.22 bits per heavy atom. The number of nitrogens with zero attached hydrogens (tertiary/aromatic N) is 2. The molecular formula is C26H28N2O3S. The highest BCUT2D eigenvalue weighted by atomic mass is 32.2. The highest BCUT2D eigenvalue weighted by Gasteiger charge is 2.31. The van der Waals surface area contributed by atoms with Gasteiger partial charge in [0.05, 0.1) is 18.5 Å². The number of fused-ring (bicyclic) bond motifs is 1. The maximum atomic E-state index is 13.2. The number of para-hydroxylation sites is 2. The minimum Gasteiger partial charge on any atom is -0.305 e. The first kappa shape index (κ1) is 22.1. The number of rotatable bonds is 5. The van der Waals surface area contributed by atoms with Gasteiger partial charge in [-0.3, -0.25) is 9.10 Å². The maximum Gasteiger partial charge on any atom is 0.258 e. The van der Waals surface area contributed by atoms with Gasteiger partial charge in [-0.25, -0.2) is 8.42 Å². The van der Waals surface area contributed by atoms with Crippen molar-refractivity contribution in [3.8, 4) is 0 Å². The lowest BCUT2D eigenvalue weighted by atomic mass is 10.1. The molecule has 0 unspecified atom stereocenters. The third-order valence-corrected chi connectivity index (χ3v) is 7.15. The van der Waals surface area contributed by atoms with E-state index in [1.165, 1.54) is 16.1 Å². The first-order chi connectivity index (χ1) is 15.2. The Labute approximate surface area is 190 Å². The van der Waals surface area contributed by atoms with E-state index < -0.39 is 10.0 Å². The van der Waals surface area contributed by atoms with Crippen LogP contribution in [0, 0.1) is 13.8 Å². The molecule has 1 aliphatic rings. The molecule has 1 amide bonds. The van der Waals surface area contributed by atoms with Crippen LogP contribution in [0.3, 0.4) is 0 Å². The smallest absolute Gasteiger partial charge is 0.258 e. The summed E-state index contributed by atoms with van der Waals surface area (Å²) >= 11 is 0. The molecule has 0 spiro atoms. The van der Waals surface area contributed by atoms with Gasteiger partial charge < -0.3 is 4.90 Å². The van der Waals surface area contributed by atoms with E-state index in [9.17, 15) is 13.2 Å². The highest BCUT2D eigenvalue weighted by Crippen LogP contribution is 2.33. The standard InChI is InChI=1S/C26H28N2O3S/c1-18-8-7-9-19(2)25(18)27(32(4,30)31)17-21-12-14-22(15-13-21)26(29)28-20(3)16-23-10-5-6-11-24(23)28/h5-15,20H,16-17H2,1-4H3/t20-/m0/s1. The Morgan fingerprint density at radius 1 is 0.969 bits per heavy atom. The Kier molecular flexibility index (Phi) is 5.82. The van der Waals surface area contributed by atoms with E-state index in [2.05, 4.69) is 13.0 Å². The van der Waals surface area contributed by atoms with Gasteiger partial charge in [-0.05, 0) is 67.6 Å². The van der Waals surface area contributed by atoms with Crippen molar-refractivity contribution in [3.63, 3.8) is 0 Å². The molecule has 1 atom stereocenters. The predicted octanol–water partition coefficient (Wildman–Crippen LogP) is 4.86. The lowest BCUT2D eigenvalue weighted by Crippen LogP contribution is -2.35. The quantitative estimate of drug-likeness (QED) is 0.560. The number of anilines is 2. The molecule has 0 radical (unpaired) electrons. The van der Waals surface area contributed by atoms with Crippen LogP contribution in [-0.4, -0.2) is 26.6 Å². The fourth-order valence-electron chi connectivity index (χ4n) is 4.49. The Balaban J connectivity index is 1.60. The van der Waals surface area contributed by atoms with Gasteiger partial charge in [-0.15, -0.1) is 0 Å². The SMILES string of the molecule is Cc1cccc(C)c1N(Cc1ccc(C(=O)N2c3ccccc3C[C@@H]2C)cc1)S(C)(=O)=O. The largest absolute Gasteiger partial charge is 0.305 e. The lowest BCUT2D eigenvalue weighted by Gasteiger charge is -2.26. The number of amides is 1. The third kappa shape index (κ3) is 4.15. The number of carbonyl (C=O) groups excluding carboxylic acids is 1. The van der Waals surface area contributed by atoms with Gasteiger partial charge in [0.15, 0.2) is 0 Å². The van der Waals surface area contributed by atoms with Crippen molar-refractivity contribution in [2.24, 2.45) is 0 Å². The maximum absolute atomic E-state index is 13.2. The average molecular weight is 449 g/mol. The van der Waals surface area contributed by atoms with E-state index in [0.717, 1.165) is 28.8 Å². The summed E-state index contributed by atoms with van der Waals surface area (Å²) in [5.74, 6) is -0.0382. The van der Waals surface area contributed by atoms with Crippen LogP contribution in [0.4, 0.5) is 11.4 Å². The number of hydrogen-bond donors (Lipinski definition) is 0. The van der Waals surface area contributed by atoms with Crippen molar-refractivity contribution in [3.05, 3.63) is 94.5 Å². The molecule has 3 aromatic rings. The van der Waals surface area contributed by atoms with Crippen molar-refractivity contribution in [2.45, 2.75) is 39.8 Å². The van der Waals surface area contributed by atoms with Gasteiger partial charge >= 0.3 is 0 Å². The molecule has 0 aromatic heterocycles. The molecule has 0 bridgehead atoms. The zero-order valence-corrected chi connectivity index (χ0v) is 19.7. The van der Waals surface area contributed by atoms with Crippen molar-refractivity contribution in [1.29, 1.82) is 0 Å². The second-order valence-electron chi connectivity index (χ2n) is 8.56. The molecule has 1 aliphatic heterocycles. The molecule has 0 fully saturated rings. The van der Waals surface area contributed by atoms with Crippen molar-refractivity contribution < 1.29 is 13.2 Å². The number of carbonyl (C=O) groups is 1. The second-order valence-corrected chi connectivity index (χ2v) is 10.5. The first-order valence-electron chi connectivity index (χ1n) is 10.7. The molecule has 3 aromatic carbocycles. The van der Waals surface area contributed by atoms with Crippen LogP contribution in [0.1, 0.15) is 39.5 Å². The van der Waals surface area contributed by atoms with Crippen LogP contribution in [0.2, 0.25) is 0 Å². The zero-order chi connectivity index (χ0) is 23.0. The fraction of sp³-hybridized carbons (Fsp3) is 0.269. The van der Waals surface area contributed by atoms with Crippen LogP contribution < -0.4 is 9.21 Å². The summed E-state index contributed by atoms with van der Waals surface area (Å²) < 4.78 is 26.7. The van der Waals surface area contributed by atoms with Crippen LogP contribution in [-0.2, 0) is 23.0 Å². The van der Waals surface area contributed by atoms with Gasteiger partial charge in [0.25, 0.3) is 5.91 Å².